The summed E-state index contributed by atoms with van der Waals surface area (Å²) in [5.41, 5.74) is 0.804. The van der Waals surface area contributed by atoms with Crippen LogP contribution in [0.5, 0.6) is 0 Å². The van der Waals surface area contributed by atoms with Gasteiger partial charge in [-0.25, -0.2) is 0 Å². The molecule has 0 aromatic rings. The van der Waals surface area contributed by atoms with Crippen molar-refractivity contribution in [3.8, 4) is 0 Å². The number of hydrogen-bond donors (Lipinski definition) is 2. The molecule has 0 bridgehead atoms. The maximum atomic E-state index is 8.35. The number of oxime groups is 1. The minimum Gasteiger partial charge on any atom is -0.411 e. The zero-order valence-electron chi connectivity index (χ0n) is 7.02. The highest BCUT2D eigenvalue weighted by molar-refractivity contribution is 5.82. The minimum atomic E-state index is 0.804. The molecule has 0 heterocycles. The van der Waals surface area contributed by atoms with Gasteiger partial charge in [-0.2, -0.15) is 0 Å². The van der Waals surface area contributed by atoms with Crippen molar-refractivity contribution in [1.82, 2.24) is 0 Å². The molecule has 0 aliphatic carbocycles. The third-order valence-electron chi connectivity index (χ3n) is 1.68. The van der Waals surface area contributed by atoms with E-state index in [4.69, 9.17) is 5.21 Å². The number of hydrogen-bond acceptors (Lipinski definition) is 2. The van der Waals surface area contributed by atoms with E-state index in [0.29, 0.717) is 0 Å². The Bertz CT molecular complexity index is 108. The Morgan fingerprint density at radius 2 is 1.90 bits per heavy atom. The van der Waals surface area contributed by atoms with Crippen molar-refractivity contribution in [2.75, 3.05) is 19.6 Å². The molecule has 3 heteroatoms. The first-order valence-electron chi connectivity index (χ1n) is 3.75. The van der Waals surface area contributed by atoms with Gasteiger partial charge in [-0.1, -0.05) is 5.16 Å². The topological polar surface area (TPSA) is 37.0 Å². The molecule has 0 aromatic carbocycles. The van der Waals surface area contributed by atoms with Crippen molar-refractivity contribution in [1.29, 1.82) is 0 Å². The van der Waals surface area contributed by atoms with Crippen LogP contribution in [0.2, 0.25) is 0 Å². The van der Waals surface area contributed by atoms with Crippen LogP contribution in [-0.4, -0.2) is 30.6 Å². The third-order valence-corrected chi connectivity index (χ3v) is 1.68. The lowest BCUT2D eigenvalue weighted by molar-refractivity contribution is -0.887. The largest absolute Gasteiger partial charge is 0.411 e. The third kappa shape index (κ3) is 3.45. The van der Waals surface area contributed by atoms with Crippen molar-refractivity contribution >= 4 is 5.71 Å². The smallest absolute Gasteiger partial charge is 0.119 e. The molecule has 0 aromatic heterocycles. The molecular formula is C7H17N2O+. The van der Waals surface area contributed by atoms with Crippen molar-refractivity contribution < 1.29 is 10.1 Å². The standard InChI is InChI=1S/C7H16N2O/c1-4-9(5-2)6-7(3)8-10/h10H,4-6H2,1-3H3/p+1/b8-7-. The molecule has 2 N–H and O–H groups in total. The summed E-state index contributed by atoms with van der Waals surface area (Å²) in [7, 11) is 0. The maximum Gasteiger partial charge on any atom is 0.119 e. The van der Waals surface area contributed by atoms with Crippen LogP contribution in [0.4, 0.5) is 0 Å². The second kappa shape index (κ2) is 5.23. The molecule has 10 heavy (non-hydrogen) atoms. The molecule has 0 saturated heterocycles. The fraction of sp³-hybridized carbons (Fsp3) is 0.857. The van der Waals surface area contributed by atoms with E-state index in [-0.39, 0.29) is 0 Å². The molecule has 0 radical (unpaired) electrons. The fourth-order valence-electron chi connectivity index (χ4n) is 0.897. The van der Waals surface area contributed by atoms with E-state index in [9.17, 15) is 0 Å². The number of quaternary nitrogens is 1. The first-order chi connectivity index (χ1) is 4.74. The summed E-state index contributed by atoms with van der Waals surface area (Å²) < 4.78 is 0. The van der Waals surface area contributed by atoms with Crippen LogP contribution in [0.1, 0.15) is 20.8 Å². The summed E-state index contributed by atoms with van der Waals surface area (Å²) in [6.45, 7) is 9.12. The van der Waals surface area contributed by atoms with Gasteiger partial charge in [0.2, 0.25) is 0 Å². The van der Waals surface area contributed by atoms with E-state index < -0.39 is 0 Å². The quantitative estimate of drug-likeness (QED) is 0.320. The molecular weight excluding hydrogens is 128 g/mol. The van der Waals surface area contributed by atoms with Crippen LogP contribution in [0, 0.1) is 0 Å². The van der Waals surface area contributed by atoms with Gasteiger partial charge < -0.3 is 10.1 Å². The Hall–Kier alpha value is -0.570. The molecule has 0 spiro atoms. The fourth-order valence-corrected chi connectivity index (χ4v) is 0.897. The molecule has 0 saturated carbocycles. The van der Waals surface area contributed by atoms with Crippen LogP contribution in [0.3, 0.4) is 0 Å². The highest BCUT2D eigenvalue weighted by Crippen LogP contribution is 1.66. The van der Waals surface area contributed by atoms with Crippen LogP contribution in [0.15, 0.2) is 5.16 Å². The van der Waals surface area contributed by atoms with Gasteiger partial charge in [0.25, 0.3) is 0 Å². The zero-order chi connectivity index (χ0) is 7.98. The summed E-state index contributed by atoms with van der Waals surface area (Å²) in [6.07, 6.45) is 0. The Morgan fingerprint density at radius 1 is 1.40 bits per heavy atom. The zero-order valence-corrected chi connectivity index (χ0v) is 7.02. The lowest BCUT2D eigenvalue weighted by Crippen LogP contribution is -3.12. The highest BCUT2D eigenvalue weighted by Gasteiger charge is 2.03. The van der Waals surface area contributed by atoms with Crippen molar-refractivity contribution in [2.24, 2.45) is 5.16 Å². The number of rotatable bonds is 4. The van der Waals surface area contributed by atoms with E-state index >= 15 is 0 Å². The SMILES string of the molecule is CC[NH+](CC)C/C(C)=N\O. The van der Waals surface area contributed by atoms with Gasteiger partial charge in [-0.3, -0.25) is 0 Å². The average Bonchev–Trinajstić information content (AvgIpc) is 1.99. The number of nitrogens with zero attached hydrogens (tertiary/aromatic N) is 1. The summed E-state index contributed by atoms with van der Waals surface area (Å²) in [5, 5.41) is 11.5. The van der Waals surface area contributed by atoms with E-state index in [2.05, 4.69) is 19.0 Å². The van der Waals surface area contributed by atoms with E-state index in [1.165, 1.54) is 4.90 Å². The van der Waals surface area contributed by atoms with Gasteiger partial charge in [0.05, 0.1) is 13.1 Å². The summed E-state index contributed by atoms with van der Waals surface area (Å²) >= 11 is 0. The van der Waals surface area contributed by atoms with Gasteiger partial charge in [0.1, 0.15) is 12.3 Å². The monoisotopic (exact) mass is 145 g/mol. The first kappa shape index (κ1) is 9.43. The summed E-state index contributed by atoms with van der Waals surface area (Å²) in [5.74, 6) is 0. The van der Waals surface area contributed by atoms with Crippen LogP contribution >= 0.6 is 0 Å². The molecule has 0 unspecified atom stereocenters. The van der Waals surface area contributed by atoms with Gasteiger partial charge in [-0.15, -0.1) is 0 Å². The molecule has 0 fully saturated rings. The van der Waals surface area contributed by atoms with Gasteiger partial charge in [0.15, 0.2) is 0 Å². The Labute approximate surface area is 62.3 Å². The lowest BCUT2D eigenvalue weighted by atomic mass is 10.4. The summed E-state index contributed by atoms with van der Waals surface area (Å²) in [4.78, 5) is 1.44. The predicted octanol–water partition coefficient (Wildman–Crippen LogP) is -0.239. The molecule has 60 valence electrons. The summed E-state index contributed by atoms with van der Waals surface area (Å²) in [6, 6.07) is 0. The van der Waals surface area contributed by atoms with Crippen molar-refractivity contribution in [3.63, 3.8) is 0 Å². The normalized spacial score (nSPS) is 12.6. The van der Waals surface area contributed by atoms with E-state index in [1.807, 2.05) is 6.92 Å². The van der Waals surface area contributed by atoms with Gasteiger partial charge >= 0.3 is 0 Å². The Morgan fingerprint density at radius 3 is 2.20 bits per heavy atom. The Balaban J connectivity index is 3.63. The lowest BCUT2D eigenvalue weighted by Gasteiger charge is -2.13. The molecule has 0 aliphatic rings. The molecule has 0 amide bonds. The van der Waals surface area contributed by atoms with Crippen molar-refractivity contribution in [2.45, 2.75) is 20.8 Å². The maximum absolute atomic E-state index is 8.35. The van der Waals surface area contributed by atoms with Crippen LogP contribution < -0.4 is 4.90 Å². The molecule has 3 nitrogen and oxygen atoms in total. The number of nitrogens with one attached hydrogen (secondary N) is 1. The van der Waals surface area contributed by atoms with E-state index in [1.54, 1.807) is 0 Å². The van der Waals surface area contributed by atoms with Crippen molar-refractivity contribution in [3.05, 3.63) is 0 Å². The van der Waals surface area contributed by atoms with Gasteiger partial charge in [0, 0.05) is 0 Å². The van der Waals surface area contributed by atoms with Gasteiger partial charge in [-0.05, 0) is 20.8 Å². The second-order valence-corrected chi connectivity index (χ2v) is 2.47. The molecule has 0 aliphatic heterocycles. The highest BCUT2D eigenvalue weighted by atomic mass is 16.4. The Kier molecular flexibility index (Phi) is 4.94. The van der Waals surface area contributed by atoms with E-state index in [0.717, 1.165) is 25.3 Å². The average molecular weight is 145 g/mol. The first-order valence-corrected chi connectivity index (χ1v) is 3.75. The second-order valence-electron chi connectivity index (χ2n) is 2.47. The predicted molar refractivity (Wildman–Crippen MR) is 41.8 cm³/mol. The van der Waals surface area contributed by atoms with Crippen LogP contribution in [-0.2, 0) is 0 Å². The molecule has 0 rings (SSSR count). The minimum absolute atomic E-state index is 0.804. The molecule has 0 atom stereocenters. The van der Waals surface area contributed by atoms with Crippen LogP contribution in [0.25, 0.3) is 0 Å².